The Kier molecular flexibility index (Phi) is 3.46. The number of nitrogens with zero attached hydrogens (tertiary/aromatic N) is 1. The zero-order valence-corrected chi connectivity index (χ0v) is 7.61. The molecule has 92 valence electrons. The van der Waals surface area contributed by atoms with Gasteiger partial charge in [0.1, 0.15) is 0 Å². The molecule has 1 heterocycles. The smallest absolute Gasteiger partial charge is 0.359 e. The number of halogens is 6. The van der Waals surface area contributed by atoms with E-state index in [1.54, 1.807) is 0 Å². The fourth-order valence-corrected chi connectivity index (χ4v) is 0.857. The molecule has 0 aliphatic heterocycles. The van der Waals surface area contributed by atoms with Crippen LogP contribution in [0, 0.1) is 0 Å². The van der Waals surface area contributed by atoms with Crippen molar-refractivity contribution >= 4 is 0 Å². The third kappa shape index (κ3) is 4.09. The highest BCUT2D eigenvalue weighted by atomic mass is 19.4. The van der Waals surface area contributed by atoms with Gasteiger partial charge in [-0.1, -0.05) is 5.16 Å². The second-order valence-electron chi connectivity index (χ2n) is 2.89. The van der Waals surface area contributed by atoms with E-state index in [2.05, 4.69) is 9.68 Å². The zero-order chi connectivity index (χ0) is 12.4. The molecule has 1 N–H and O–H groups in total. The average Bonchev–Trinajstić information content (AvgIpc) is 2.49. The highest BCUT2D eigenvalue weighted by Gasteiger charge is 2.35. The number of alkyl halides is 6. The van der Waals surface area contributed by atoms with Gasteiger partial charge >= 0.3 is 12.4 Å². The van der Waals surface area contributed by atoms with Gasteiger partial charge in [-0.05, 0) is 0 Å². The first kappa shape index (κ1) is 12.8. The van der Waals surface area contributed by atoms with Gasteiger partial charge in [-0.2, -0.15) is 26.3 Å². The summed E-state index contributed by atoms with van der Waals surface area (Å²) in [5.41, 5.74) is -1.27. The summed E-state index contributed by atoms with van der Waals surface area (Å²) in [5, 5.41) is 4.56. The number of hydrogen-bond acceptors (Lipinski definition) is 3. The quantitative estimate of drug-likeness (QED) is 0.834. The van der Waals surface area contributed by atoms with Gasteiger partial charge in [0, 0.05) is 6.07 Å². The van der Waals surface area contributed by atoms with Crippen LogP contribution < -0.4 is 5.32 Å². The first-order chi connectivity index (χ1) is 7.18. The summed E-state index contributed by atoms with van der Waals surface area (Å²) in [6.45, 7) is -1.78. The molecule has 0 spiro atoms. The van der Waals surface area contributed by atoms with E-state index in [0.29, 0.717) is 6.07 Å². The molecule has 0 aliphatic carbocycles. The second-order valence-corrected chi connectivity index (χ2v) is 2.89. The Hall–Kier alpha value is -1.25. The van der Waals surface area contributed by atoms with Crippen molar-refractivity contribution in [3.05, 3.63) is 17.5 Å². The first-order valence-corrected chi connectivity index (χ1v) is 3.99. The maximum Gasteiger partial charge on any atom is 0.436 e. The van der Waals surface area contributed by atoms with Crippen molar-refractivity contribution in [2.75, 3.05) is 6.54 Å². The van der Waals surface area contributed by atoms with Gasteiger partial charge in [0.05, 0.1) is 13.1 Å². The Morgan fingerprint density at radius 3 is 2.25 bits per heavy atom. The van der Waals surface area contributed by atoms with Crippen molar-refractivity contribution in [1.29, 1.82) is 0 Å². The van der Waals surface area contributed by atoms with Crippen LogP contribution in [-0.2, 0) is 12.7 Å². The van der Waals surface area contributed by atoms with Gasteiger partial charge < -0.3 is 9.84 Å². The van der Waals surface area contributed by atoms with Crippen LogP contribution in [0.2, 0.25) is 0 Å². The fraction of sp³-hybridized carbons (Fsp3) is 0.571. The van der Waals surface area contributed by atoms with Crippen molar-refractivity contribution in [1.82, 2.24) is 10.5 Å². The van der Waals surface area contributed by atoms with Gasteiger partial charge in [-0.25, -0.2) is 0 Å². The molecule has 0 bridgehead atoms. The van der Waals surface area contributed by atoms with Crippen molar-refractivity contribution in [2.45, 2.75) is 18.9 Å². The molecule has 1 aromatic rings. The zero-order valence-electron chi connectivity index (χ0n) is 7.61. The number of hydrogen-bond donors (Lipinski definition) is 1. The third-order valence-corrected chi connectivity index (χ3v) is 1.47. The molecular formula is C7H6F6N2O. The lowest BCUT2D eigenvalue weighted by Crippen LogP contribution is -2.28. The maximum absolute atomic E-state index is 12.0. The van der Waals surface area contributed by atoms with Crippen molar-refractivity contribution in [2.24, 2.45) is 0 Å². The van der Waals surface area contributed by atoms with Crippen molar-refractivity contribution < 1.29 is 30.9 Å². The van der Waals surface area contributed by atoms with E-state index in [0.717, 1.165) is 0 Å². The molecule has 0 unspecified atom stereocenters. The van der Waals surface area contributed by atoms with E-state index in [-0.39, 0.29) is 5.76 Å². The van der Waals surface area contributed by atoms with E-state index in [1.807, 2.05) is 5.32 Å². The molecule has 0 amide bonds. The second kappa shape index (κ2) is 4.32. The Morgan fingerprint density at radius 2 is 1.81 bits per heavy atom. The third-order valence-electron chi connectivity index (χ3n) is 1.47. The molecule has 0 saturated carbocycles. The lowest BCUT2D eigenvalue weighted by atomic mass is 10.3. The average molecular weight is 248 g/mol. The van der Waals surface area contributed by atoms with Gasteiger partial charge in [0.2, 0.25) is 0 Å². The Balaban J connectivity index is 2.48. The first-order valence-electron chi connectivity index (χ1n) is 3.99. The molecule has 16 heavy (non-hydrogen) atoms. The number of rotatable bonds is 3. The lowest BCUT2D eigenvalue weighted by molar-refractivity contribution is -0.142. The van der Waals surface area contributed by atoms with Gasteiger partial charge in [0.15, 0.2) is 11.5 Å². The highest BCUT2D eigenvalue weighted by Crippen LogP contribution is 2.28. The molecule has 0 aliphatic rings. The van der Waals surface area contributed by atoms with E-state index < -0.39 is 31.1 Å². The Bertz CT molecular complexity index is 341. The van der Waals surface area contributed by atoms with Gasteiger partial charge in [-0.15, -0.1) is 0 Å². The Morgan fingerprint density at radius 1 is 1.19 bits per heavy atom. The van der Waals surface area contributed by atoms with Crippen LogP contribution in [0.3, 0.4) is 0 Å². The number of aromatic nitrogens is 1. The molecule has 0 atom stereocenters. The summed E-state index contributed by atoms with van der Waals surface area (Å²) in [7, 11) is 0. The summed E-state index contributed by atoms with van der Waals surface area (Å²) in [6, 6.07) is 0.545. The van der Waals surface area contributed by atoms with Crippen LogP contribution in [0.15, 0.2) is 10.6 Å². The van der Waals surface area contributed by atoms with E-state index >= 15 is 0 Å². The summed E-state index contributed by atoms with van der Waals surface area (Å²) in [5.74, 6) is -0.309. The molecule has 1 aromatic heterocycles. The Labute approximate surface area is 85.4 Å². The molecular weight excluding hydrogens is 242 g/mol. The van der Waals surface area contributed by atoms with E-state index in [9.17, 15) is 26.3 Å². The van der Waals surface area contributed by atoms with Crippen LogP contribution in [-0.4, -0.2) is 17.9 Å². The normalized spacial score (nSPS) is 13.1. The molecule has 0 radical (unpaired) electrons. The largest absolute Gasteiger partial charge is 0.436 e. The number of nitrogens with one attached hydrogen (secondary N) is 1. The molecule has 0 fully saturated rings. The van der Waals surface area contributed by atoms with Gasteiger partial charge in [0.25, 0.3) is 0 Å². The van der Waals surface area contributed by atoms with Gasteiger partial charge in [-0.3, -0.25) is 0 Å². The van der Waals surface area contributed by atoms with Crippen LogP contribution in [0.5, 0.6) is 0 Å². The fourth-order valence-electron chi connectivity index (χ4n) is 0.857. The minimum Gasteiger partial charge on any atom is -0.359 e. The summed E-state index contributed by atoms with van der Waals surface area (Å²) >= 11 is 0. The summed E-state index contributed by atoms with van der Waals surface area (Å²) < 4.78 is 75.2. The minimum atomic E-state index is -4.66. The molecule has 0 aromatic carbocycles. The highest BCUT2D eigenvalue weighted by molar-refractivity contribution is 5.08. The monoisotopic (exact) mass is 248 g/mol. The molecule has 1 rings (SSSR count). The standard InChI is InChI=1S/C7H6F6N2O/c8-6(9,10)3-14-2-4-1-5(15-16-4)7(11,12)13/h1,14H,2-3H2. The van der Waals surface area contributed by atoms with Crippen molar-refractivity contribution in [3.8, 4) is 0 Å². The van der Waals surface area contributed by atoms with Crippen molar-refractivity contribution in [3.63, 3.8) is 0 Å². The van der Waals surface area contributed by atoms with Crippen LogP contribution in [0.4, 0.5) is 26.3 Å². The predicted molar refractivity (Wildman–Crippen MR) is 39.3 cm³/mol. The molecule has 3 nitrogen and oxygen atoms in total. The predicted octanol–water partition coefficient (Wildman–Crippen LogP) is 2.35. The SMILES string of the molecule is FC(F)(F)CNCc1cc(C(F)(F)F)no1. The molecule has 0 saturated heterocycles. The molecule has 9 heteroatoms. The lowest BCUT2D eigenvalue weighted by Gasteiger charge is -2.05. The topological polar surface area (TPSA) is 38.1 Å². The summed E-state index contributed by atoms with van der Waals surface area (Å²) in [6.07, 6.45) is -9.08. The van der Waals surface area contributed by atoms with Crippen LogP contribution in [0.1, 0.15) is 11.5 Å². The summed E-state index contributed by atoms with van der Waals surface area (Å²) in [4.78, 5) is 0. The van der Waals surface area contributed by atoms with Crippen LogP contribution in [0.25, 0.3) is 0 Å². The van der Waals surface area contributed by atoms with Crippen LogP contribution >= 0.6 is 0 Å². The van der Waals surface area contributed by atoms with E-state index in [4.69, 9.17) is 0 Å². The minimum absolute atomic E-state index is 0.309. The maximum atomic E-state index is 12.0. The van der Waals surface area contributed by atoms with E-state index in [1.165, 1.54) is 0 Å².